The van der Waals surface area contributed by atoms with Crippen LogP contribution in [0.1, 0.15) is 65.6 Å². The van der Waals surface area contributed by atoms with Crippen molar-refractivity contribution in [3.05, 3.63) is 104 Å². The predicted molar refractivity (Wildman–Crippen MR) is 219 cm³/mol. The van der Waals surface area contributed by atoms with E-state index >= 15 is 0 Å². The maximum absolute atomic E-state index is 12.1. The SMILES string of the molecule is CCOC(=O)[C@H]1[C@@H]2Cc3cc(OCc4cccc(-c5c(C)cc(OCC(C)(CO)CO)cc5C)c4)ncc3[C@@H]21.Cc1cc(OCC(C)(CO)CO)cc(C)c1Br. The van der Waals surface area contributed by atoms with Crippen LogP contribution in [0.2, 0.25) is 0 Å². The zero-order valence-corrected chi connectivity index (χ0v) is 35.1. The van der Waals surface area contributed by atoms with Crippen molar-refractivity contribution in [2.75, 3.05) is 46.2 Å². The van der Waals surface area contributed by atoms with E-state index in [4.69, 9.17) is 29.2 Å². The first-order valence-corrected chi connectivity index (χ1v) is 19.9. The van der Waals surface area contributed by atoms with Gasteiger partial charge in [-0.25, -0.2) is 4.98 Å². The first-order valence-electron chi connectivity index (χ1n) is 19.1. The number of rotatable bonds is 16. The van der Waals surface area contributed by atoms with Crippen molar-refractivity contribution in [3.63, 3.8) is 0 Å². The zero-order valence-electron chi connectivity index (χ0n) is 33.5. The fraction of sp³-hybridized carbons (Fsp3) is 0.467. The summed E-state index contributed by atoms with van der Waals surface area (Å²) in [6.45, 7) is 14.4. The van der Waals surface area contributed by atoms with E-state index in [-0.39, 0.29) is 50.8 Å². The Balaban J connectivity index is 0.000000297. The summed E-state index contributed by atoms with van der Waals surface area (Å²) in [5.74, 6) is 2.56. The van der Waals surface area contributed by atoms with Crippen molar-refractivity contribution in [1.29, 1.82) is 0 Å². The van der Waals surface area contributed by atoms with Gasteiger partial charge in [0.25, 0.3) is 0 Å². The minimum atomic E-state index is -0.687. The fourth-order valence-electron chi connectivity index (χ4n) is 7.13. The number of hydrogen-bond donors (Lipinski definition) is 4. The molecule has 10 nitrogen and oxygen atoms in total. The standard InChI is InChI=1S/C32H37NO6.C13H19BrO3/c1-5-37-31(36)30-25-12-23-13-27(33-14-26(23)29(25)30)38-15-21-7-6-8-22(11-21)28-19(2)9-24(10-20(28)3)39-18-32(4,16-34)17-35;1-9-4-11(5-10(2)12(9)14)17-8-13(3,6-15)7-16/h6-11,13-14,25,29-30,34-35H,5,12,15-18H2,1-4H3;4-5,15-16H,6-8H2,1-3H3/t25-,29-,30+;/m1./s1. The van der Waals surface area contributed by atoms with Crippen LogP contribution in [-0.2, 0) is 22.6 Å². The molecule has 3 atom stereocenters. The van der Waals surface area contributed by atoms with Crippen LogP contribution < -0.4 is 14.2 Å². The number of carbonyl (C=O) groups is 1. The third kappa shape index (κ3) is 10.1. The summed E-state index contributed by atoms with van der Waals surface area (Å²) in [6.07, 6.45) is 2.74. The lowest BCUT2D eigenvalue weighted by Gasteiger charge is -2.25. The summed E-state index contributed by atoms with van der Waals surface area (Å²) < 4.78 is 23.9. The van der Waals surface area contributed by atoms with E-state index in [0.717, 1.165) is 66.9 Å². The van der Waals surface area contributed by atoms with E-state index in [0.29, 0.717) is 31.6 Å². The van der Waals surface area contributed by atoms with E-state index in [1.165, 1.54) is 5.56 Å². The van der Waals surface area contributed by atoms with Gasteiger partial charge in [0.1, 0.15) is 18.1 Å². The zero-order chi connectivity index (χ0) is 40.8. The predicted octanol–water partition coefficient (Wildman–Crippen LogP) is 7.20. The molecule has 1 aromatic heterocycles. The van der Waals surface area contributed by atoms with Crippen LogP contribution in [0.25, 0.3) is 11.1 Å². The monoisotopic (exact) mass is 833 g/mol. The van der Waals surface area contributed by atoms with E-state index < -0.39 is 10.8 Å². The van der Waals surface area contributed by atoms with Crippen molar-refractivity contribution >= 4 is 21.9 Å². The number of ether oxygens (including phenoxy) is 4. The van der Waals surface area contributed by atoms with Crippen molar-refractivity contribution in [3.8, 4) is 28.5 Å². The van der Waals surface area contributed by atoms with Gasteiger partial charge in [-0.1, -0.05) is 48.0 Å². The minimum Gasteiger partial charge on any atom is -0.493 e. The van der Waals surface area contributed by atoms with E-state index in [2.05, 4.69) is 46.9 Å². The number of benzene rings is 3. The summed E-state index contributed by atoms with van der Waals surface area (Å²) in [7, 11) is 0. The van der Waals surface area contributed by atoms with Gasteiger partial charge >= 0.3 is 5.97 Å². The Morgan fingerprint density at radius 1 is 0.804 bits per heavy atom. The third-order valence-electron chi connectivity index (χ3n) is 10.8. The molecule has 1 fully saturated rings. The van der Waals surface area contributed by atoms with Crippen LogP contribution in [0.4, 0.5) is 0 Å². The number of aryl methyl sites for hydroxylation is 4. The number of halogens is 1. The number of carbonyl (C=O) groups excluding carboxylic acids is 1. The first kappa shape index (κ1) is 43.1. The van der Waals surface area contributed by atoms with Crippen LogP contribution in [0.3, 0.4) is 0 Å². The topological polar surface area (TPSA) is 148 Å². The Morgan fingerprint density at radius 2 is 1.36 bits per heavy atom. The molecule has 4 N–H and O–H groups in total. The largest absolute Gasteiger partial charge is 0.493 e. The number of fused-ring (bicyclic) bond motifs is 3. The second-order valence-corrected chi connectivity index (χ2v) is 16.8. The second kappa shape index (κ2) is 18.5. The van der Waals surface area contributed by atoms with Crippen molar-refractivity contribution < 1.29 is 44.2 Å². The molecule has 0 amide bonds. The Labute approximate surface area is 339 Å². The van der Waals surface area contributed by atoms with Gasteiger partial charge in [-0.2, -0.15) is 0 Å². The van der Waals surface area contributed by atoms with E-state index in [1.54, 1.807) is 13.8 Å². The molecule has 0 unspecified atom stereocenters. The number of aliphatic hydroxyl groups is 4. The Kier molecular flexibility index (Phi) is 14.3. The molecule has 0 aliphatic heterocycles. The molecule has 11 heteroatoms. The number of aliphatic hydroxyl groups excluding tert-OH is 4. The maximum atomic E-state index is 12.1. The molecule has 2 aliphatic carbocycles. The molecule has 0 bridgehead atoms. The number of hydrogen-bond acceptors (Lipinski definition) is 10. The summed E-state index contributed by atoms with van der Waals surface area (Å²) in [4.78, 5) is 16.7. The average molecular weight is 835 g/mol. The smallest absolute Gasteiger partial charge is 0.309 e. The molecule has 302 valence electrons. The van der Waals surface area contributed by atoms with Gasteiger partial charge in [0.15, 0.2) is 0 Å². The Hall–Kier alpha value is -4.00. The Bertz CT molecular complexity index is 1940. The van der Waals surface area contributed by atoms with Crippen LogP contribution in [0, 0.1) is 50.4 Å². The van der Waals surface area contributed by atoms with Gasteiger partial charge in [0.05, 0.1) is 52.2 Å². The molecule has 2 aliphatic rings. The van der Waals surface area contributed by atoms with Gasteiger partial charge in [-0.15, -0.1) is 0 Å². The quantitative estimate of drug-likeness (QED) is 0.0855. The highest BCUT2D eigenvalue weighted by molar-refractivity contribution is 9.10. The van der Waals surface area contributed by atoms with Gasteiger partial charge < -0.3 is 39.4 Å². The highest BCUT2D eigenvalue weighted by atomic mass is 79.9. The normalized spacial score (nSPS) is 17.0. The molecule has 56 heavy (non-hydrogen) atoms. The molecule has 1 saturated carbocycles. The lowest BCUT2D eigenvalue weighted by molar-refractivity contribution is -0.145. The number of pyridine rings is 1. The van der Waals surface area contributed by atoms with E-state index in [1.807, 2.05) is 69.4 Å². The molecule has 0 saturated heterocycles. The number of nitrogens with zero attached hydrogens (tertiary/aromatic N) is 1. The summed E-state index contributed by atoms with van der Waals surface area (Å²) in [5, 5.41) is 37.4. The van der Waals surface area contributed by atoms with Crippen molar-refractivity contribution in [2.45, 2.75) is 67.4 Å². The first-order chi connectivity index (χ1) is 26.7. The molecule has 3 aromatic carbocycles. The lowest BCUT2D eigenvalue weighted by Crippen LogP contribution is -2.33. The van der Waals surface area contributed by atoms with Crippen LogP contribution >= 0.6 is 15.9 Å². The van der Waals surface area contributed by atoms with Crippen molar-refractivity contribution in [2.24, 2.45) is 22.7 Å². The van der Waals surface area contributed by atoms with E-state index in [9.17, 15) is 15.0 Å². The maximum Gasteiger partial charge on any atom is 0.309 e. The molecule has 0 spiro atoms. The Morgan fingerprint density at radius 3 is 1.89 bits per heavy atom. The molecule has 4 aromatic rings. The van der Waals surface area contributed by atoms with Crippen LogP contribution in [-0.4, -0.2) is 77.6 Å². The summed E-state index contributed by atoms with van der Waals surface area (Å²) >= 11 is 3.50. The fourth-order valence-corrected chi connectivity index (χ4v) is 7.36. The van der Waals surface area contributed by atoms with Crippen LogP contribution in [0.15, 0.2) is 65.3 Å². The highest BCUT2D eigenvalue weighted by Gasteiger charge is 2.60. The second-order valence-electron chi connectivity index (χ2n) is 16.0. The molecule has 0 radical (unpaired) electrons. The summed E-state index contributed by atoms with van der Waals surface area (Å²) in [5.41, 5.74) is 8.74. The number of aromatic nitrogens is 1. The third-order valence-corrected chi connectivity index (χ3v) is 12.0. The van der Waals surface area contributed by atoms with Gasteiger partial charge in [0.2, 0.25) is 5.88 Å². The summed E-state index contributed by atoms with van der Waals surface area (Å²) in [6, 6.07) is 18.2. The average Bonchev–Trinajstić information content (AvgIpc) is 3.78. The molecule has 6 rings (SSSR count). The highest BCUT2D eigenvalue weighted by Crippen LogP contribution is 2.61. The van der Waals surface area contributed by atoms with Crippen molar-refractivity contribution in [1.82, 2.24) is 4.98 Å². The molecular formula is C45H56BrNO9. The lowest BCUT2D eigenvalue weighted by atomic mass is 9.93. The molecular weight excluding hydrogens is 778 g/mol. The van der Waals surface area contributed by atoms with Gasteiger partial charge in [0, 0.05) is 33.5 Å². The number of esters is 1. The van der Waals surface area contributed by atoms with Gasteiger partial charge in [-0.3, -0.25) is 4.79 Å². The van der Waals surface area contributed by atoms with Crippen LogP contribution in [0.5, 0.6) is 17.4 Å². The molecule has 1 heterocycles. The van der Waals surface area contributed by atoms with Gasteiger partial charge in [-0.05, 0) is 127 Å². The minimum absolute atomic E-state index is 0.0115.